The molecule has 0 radical (unpaired) electrons. The molecule has 1 aliphatic carbocycles. The summed E-state index contributed by atoms with van der Waals surface area (Å²) in [5.74, 6) is 1.76. The Kier molecular flexibility index (Phi) is 6.25. The number of aryl methyl sites for hydroxylation is 3. The van der Waals surface area contributed by atoms with E-state index in [2.05, 4.69) is 72.5 Å². The normalized spacial score (nSPS) is 16.2. The fourth-order valence-electron chi connectivity index (χ4n) is 8.00. The zero-order valence-corrected chi connectivity index (χ0v) is 30.7. The number of imidazole rings is 1. The second kappa shape index (κ2) is 12.7. The largest absolute Gasteiger partial charge is 0.238 e. The molecule has 0 amide bonds. The first-order valence-corrected chi connectivity index (χ1v) is 18.8. The van der Waals surface area contributed by atoms with Gasteiger partial charge in [0.05, 0.1) is 0 Å². The number of aromatic nitrogens is 4. The number of pyridine rings is 1. The molecular formula is C47H36N4OPt. The quantitative estimate of drug-likeness (QED) is 0.167. The van der Waals surface area contributed by atoms with Gasteiger partial charge in [-0.25, -0.2) is 4.98 Å². The molecular weight excluding hydrogens is 832 g/mol. The molecule has 1 unspecified atom stereocenters. The molecule has 3 heterocycles. The standard InChI is InChI=1S/C47H36N4O.Pt/c1-31-25-47(48-29-41(31)33-13-7-4-8-14-33)51-43-24-19-35(32-11-5-3-6-12-32)26-40(43)38-22-21-37(28-46(38)51)52-36-20-17-34-18-23-42(39(34)27-36)50-30-49(2)44-15-9-10-16-45(44)50;/h3-17,19-22,24-29,42H,18,23H2,1-2H3;/i1D3,2D3;. The fraction of sp³-hybridized carbons (Fsp3) is 0.106. The van der Waals surface area contributed by atoms with Gasteiger partial charge in [0, 0.05) is 15.9 Å². The molecule has 0 saturated heterocycles. The van der Waals surface area contributed by atoms with Crippen LogP contribution in [-0.2, 0) is 32.8 Å². The molecule has 6 aromatic carbocycles. The van der Waals surface area contributed by atoms with Gasteiger partial charge in [0.1, 0.15) is 0 Å². The minimum Gasteiger partial charge on any atom is -0.238 e. The second-order valence-electron chi connectivity index (χ2n) is 13.5. The van der Waals surface area contributed by atoms with Crippen LogP contribution in [-0.4, -0.2) is 18.7 Å². The Bertz CT molecular complexity index is 3150. The van der Waals surface area contributed by atoms with E-state index in [1.54, 1.807) is 12.3 Å². The molecule has 0 saturated carbocycles. The van der Waals surface area contributed by atoms with Gasteiger partial charge in [-0.2, -0.15) is 0 Å². The van der Waals surface area contributed by atoms with Crippen molar-refractivity contribution in [2.75, 3.05) is 0 Å². The number of ether oxygens (including phenoxy) is 1. The van der Waals surface area contributed by atoms with E-state index in [4.69, 9.17) is 17.9 Å². The van der Waals surface area contributed by atoms with E-state index in [1.807, 2.05) is 95.6 Å². The first-order chi connectivity index (χ1) is 28.4. The predicted octanol–water partition coefficient (Wildman–Crippen LogP) is 11.5. The molecule has 53 heavy (non-hydrogen) atoms. The predicted molar refractivity (Wildman–Crippen MR) is 211 cm³/mol. The molecule has 260 valence electrons. The van der Waals surface area contributed by atoms with Crippen LogP contribution in [0.3, 0.4) is 0 Å². The van der Waals surface area contributed by atoms with Gasteiger partial charge < -0.3 is 0 Å². The zero-order valence-electron chi connectivity index (χ0n) is 34.4. The summed E-state index contributed by atoms with van der Waals surface area (Å²) in [7, 11) is 0. The molecule has 6 heteroatoms. The van der Waals surface area contributed by atoms with Crippen molar-refractivity contribution in [2.24, 2.45) is 6.98 Å². The van der Waals surface area contributed by atoms with E-state index >= 15 is 0 Å². The summed E-state index contributed by atoms with van der Waals surface area (Å²) in [6.07, 6.45) is 3.36. The van der Waals surface area contributed by atoms with Crippen LogP contribution in [0.15, 0.2) is 152 Å². The Labute approximate surface area is 327 Å². The van der Waals surface area contributed by atoms with E-state index in [1.165, 1.54) is 10.1 Å². The minimum atomic E-state index is -2.39. The molecule has 0 spiro atoms. The average Bonchev–Trinajstić information content (AvgIpc) is 3.89. The van der Waals surface area contributed by atoms with E-state index in [0.29, 0.717) is 32.2 Å². The van der Waals surface area contributed by atoms with Crippen molar-refractivity contribution >= 4 is 32.8 Å². The van der Waals surface area contributed by atoms with Gasteiger partial charge >= 0.3 is 194 Å². The van der Waals surface area contributed by atoms with Gasteiger partial charge in [0.25, 0.3) is 0 Å². The van der Waals surface area contributed by atoms with Crippen LogP contribution in [0.2, 0.25) is 0 Å². The molecule has 10 rings (SSSR count). The van der Waals surface area contributed by atoms with Crippen LogP contribution in [0, 0.1) is 10.7 Å². The van der Waals surface area contributed by atoms with E-state index in [0.717, 1.165) is 62.4 Å². The summed E-state index contributed by atoms with van der Waals surface area (Å²) < 4.78 is 63.5. The maximum atomic E-state index is 8.54. The Hall–Kier alpha value is -5.77. The number of hydrogen-bond donors (Lipinski definition) is 0. The van der Waals surface area contributed by atoms with Crippen molar-refractivity contribution in [3.05, 3.63) is 172 Å². The summed E-state index contributed by atoms with van der Waals surface area (Å²) in [6, 6.07) is 47.5. The smallest absolute Gasteiger partial charge is 0.0374 e. The van der Waals surface area contributed by atoms with Crippen molar-refractivity contribution in [2.45, 2.75) is 25.7 Å². The van der Waals surface area contributed by atoms with Crippen molar-refractivity contribution < 1.29 is 32.3 Å². The van der Waals surface area contributed by atoms with Gasteiger partial charge in [-0.05, 0) is 47.3 Å². The number of nitrogens with zero attached hydrogens (tertiary/aromatic N) is 4. The molecule has 0 fully saturated rings. The summed E-state index contributed by atoms with van der Waals surface area (Å²) in [6.45, 7) is -4.72. The maximum Gasteiger partial charge on any atom is 0.0374 e. The summed E-state index contributed by atoms with van der Waals surface area (Å²) >= 11 is 2.15. The summed E-state index contributed by atoms with van der Waals surface area (Å²) in [5.41, 5.74) is 9.29. The molecule has 1 aliphatic rings. The van der Waals surface area contributed by atoms with Gasteiger partial charge in [-0.3, -0.25) is 0 Å². The minimum absolute atomic E-state index is 0.0734. The van der Waals surface area contributed by atoms with Crippen molar-refractivity contribution in [1.29, 1.82) is 0 Å². The van der Waals surface area contributed by atoms with Crippen molar-refractivity contribution in [3.8, 4) is 39.6 Å². The molecule has 5 nitrogen and oxygen atoms in total. The Morgan fingerprint density at radius 3 is 2.25 bits per heavy atom. The van der Waals surface area contributed by atoms with E-state index in [-0.39, 0.29) is 11.6 Å². The van der Waals surface area contributed by atoms with Crippen LogP contribution in [0.5, 0.6) is 11.5 Å². The van der Waals surface area contributed by atoms with Gasteiger partial charge in [-0.15, -0.1) is 0 Å². The number of benzene rings is 6. The third-order valence-electron chi connectivity index (χ3n) is 10.5. The van der Waals surface area contributed by atoms with Gasteiger partial charge in [0.15, 0.2) is 0 Å². The average molecular weight is 874 g/mol. The third kappa shape index (κ3) is 5.33. The fourth-order valence-corrected chi connectivity index (χ4v) is 8.90. The van der Waals surface area contributed by atoms with Crippen molar-refractivity contribution in [3.63, 3.8) is 0 Å². The monoisotopic (exact) mass is 873 g/mol. The molecule has 0 N–H and O–H groups in total. The number of hydrogen-bond acceptors (Lipinski definition) is 2. The molecule has 1 atom stereocenters. The van der Waals surface area contributed by atoms with Gasteiger partial charge in [-0.1, -0.05) is 66.7 Å². The Balaban J connectivity index is 1.10. The van der Waals surface area contributed by atoms with Crippen LogP contribution >= 0.6 is 0 Å². The Morgan fingerprint density at radius 2 is 1.43 bits per heavy atom. The SMILES string of the molecule is [2H]C([2H])([2H])c1cc(-n2c3ccc(-c4ccccc4)cc3c3ccc(Oc4ccc5c(c4)C(n4[c](=[Pt])n(C([2H])([2H])[2H])c6ccccc64)CC5)cc32)ncc1-c1ccccc1. The summed E-state index contributed by atoms with van der Waals surface area (Å²) in [4.78, 5) is 4.92. The van der Waals surface area contributed by atoms with Crippen LogP contribution < -0.4 is 4.74 Å². The number of para-hydroxylation sites is 2. The topological polar surface area (TPSA) is 36.9 Å². The molecule has 0 aliphatic heterocycles. The maximum absolute atomic E-state index is 8.54. The number of rotatable bonds is 6. The third-order valence-corrected chi connectivity index (χ3v) is 11.6. The molecule has 9 aromatic rings. The summed E-state index contributed by atoms with van der Waals surface area (Å²) in [5, 5.41) is 1.97. The Morgan fingerprint density at radius 1 is 0.679 bits per heavy atom. The van der Waals surface area contributed by atoms with E-state index < -0.39 is 13.8 Å². The van der Waals surface area contributed by atoms with Crippen LogP contribution in [0.4, 0.5) is 0 Å². The number of fused-ring (bicyclic) bond motifs is 5. The van der Waals surface area contributed by atoms with E-state index in [9.17, 15) is 0 Å². The first kappa shape index (κ1) is 26.1. The molecule has 0 bridgehead atoms. The van der Waals surface area contributed by atoms with Crippen molar-refractivity contribution in [1.82, 2.24) is 18.7 Å². The second-order valence-corrected chi connectivity index (χ2v) is 14.5. The molecule has 3 aromatic heterocycles. The van der Waals surface area contributed by atoms with Crippen LogP contribution in [0.25, 0.3) is 60.9 Å². The first-order valence-electron chi connectivity index (χ1n) is 20.6. The van der Waals surface area contributed by atoms with Crippen LogP contribution in [0.1, 0.15) is 37.4 Å². The zero-order chi connectivity index (χ0) is 40.6. The van der Waals surface area contributed by atoms with Gasteiger partial charge in [0.2, 0.25) is 0 Å².